The maximum atomic E-state index is 12.2. The second-order valence-electron chi connectivity index (χ2n) is 3.94. The molecule has 0 atom stereocenters. The molecule has 1 rings (SSSR count). The fraction of sp³-hybridized carbons (Fsp3) is 0.727. The van der Waals surface area contributed by atoms with Crippen LogP contribution >= 0.6 is 0 Å². The first-order valence-corrected chi connectivity index (χ1v) is 6.05. The largest absolute Gasteiger partial charge is 0.461 e. The highest BCUT2D eigenvalue weighted by molar-refractivity contribution is 5.88. The lowest BCUT2D eigenvalue weighted by molar-refractivity contribution is -0.137. The molecule has 0 amide bonds. The number of aryl methyl sites for hydroxylation is 1. The summed E-state index contributed by atoms with van der Waals surface area (Å²) >= 11 is 0. The summed E-state index contributed by atoms with van der Waals surface area (Å²) in [6.45, 7) is 3.34. The van der Waals surface area contributed by atoms with Gasteiger partial charge in [0, 0.05) is 0 Å². The van der Waals surface area contributed by atoms with E-state index in [1.165, 1.54) is 0 Å². The summed E-state index contributed by atoms with van der Waals surface area (Å²) in [6.07, 6.45) is -4.17. The monoisotopic (exact) mass is 279 g/mol. The van der Waals surface area contributed by atoms with Gasteiger partial charge in [-0.1, -0.05) is 18.6 Å². The Hall–Kier alpha value is -1.60. The minimum absolute atomic E-state index is 0.00544. The Morgan fingerprint density at radius 1 is 1.37 bits per heavy atom. The normalized spacial score (nSPS) is 11.6. The quantitative estimate of drug-likeness (QED) is 0.750. The highest BCUT2D eigenvalue weighted by Crippen LogP contribution is 2.21. The van der Waals surface area contributed by atoms with Crippen LogP contribution < -0.4 is 0 Å². The number of esters is 1. The molecule has 0 N–H and O–H groups in total. The zero-order valence-corrected chi connectivity index (χ0v) is 10.8. The average molecular weight is 279 g/mol. The van der Waals surface area contributed by atoms with Gasteiger partial charge in [0.2, 0.25) is 0 Å². The van der Waals surface area contributed by atoms with Crippen molar-refractivity contribution in [3.63, 3.8) is 0 Å². The SMILES string of the molecule is CCCc1c(C(=O)OCC)nnn1CCC(F)(F)F. The molecular weight excluding hydrogens is 263 g/mol. The van der Waals surface area contributed by atoms with Gasteiger partial charge in [-0.05, 0) is 13.3 Å². The third-order valence-electron chi connectivity index (χ3n) is 2.40. The summed E-state index contributed by atoms with van der Waals surface area (Å²) < 4.78 is 42.5. The first kappa shape index (κ1) is 15.5. The lowest BCUT2D eigenvalue weighted by atomic mass is 10.2. The molecule has 0 aliphatic heterocycles. The van der Waals surface area contributed by atoms with Gasteiger partial charge in [-0.3, -0.25) is 0 Å². The molecule has 0 aromatic carbocycles. The van der Waals surface area contributed by atoms with Crippen molar-refractivity contribution in [2.75, 3.05) is 6.61 Å². The summed E-state index contributed by atoms with van der Waals surface area (Å²) in [7, 11) is 0. The zero-order valence-electron chi connectivity index (χ0n) is 10.8. The van der Waals surface area contributed by atoms with Gasteiger partial charge in [0.25, 0.3) is 0 Å². The molecule has 0 aliphatic rings. The molecule has 0 saturated carbocycles. The fourth-order valence-electron chi connectivity index (χ4n) is 1.59. The van der Waals surface area contributed by atoms with E-state index in [0.29, 0.717) is 18.5 Å². The lowest BCUT2D eigenvalue weighted by Gasteiger charge is -2.09. The minimum atomic E-state index is -4.26. The van der Waals surface area contributed by atoms with Crippen LogP contribution in [0.4, 0.5) is 13.2 Å². The third kappa shape index (κ3) is 4.53. The molecule has 0 aliphatic carbocycles. The number of nitrogens with zero attached hydrogens (tertiary/aromatic N) is 3. The molecule has 5 nitrogen and oxygen atoms in total. The van der Waals surface area contributed by atoms with Crippen LogP contribution in [0.2, 0.25) is 0 Å². The average Bonchev–Trinajstić information content (AvgIpc) is 2.70. The Morgan fingerprint density at radius 2 is 2.05 bits per heavy atom. The Morgan fingerprint density at radius 3 is 2.58 bits per heavy atom. The smallest absolute Gasteiger partial charge is 0.390 e. The third-order valence-corrected chi connectivity index (χ3v) is 2.40. The first-order chi connectivity index (χ1) is 8.89. The molecule has 0 spiro atoms. The van der Waals surface area contributed by atoms with E-state index >= 15 is 0 Å². The Labute approximate surface area is 108 Å². The number of hydrogen-bond donors (Lipinski definition) is 0. The summed E-state index contributed by atoms with van der Waals surface area (Å²) in [6, 6.07) is 0. The standard InChI is InChI=1S/C11H16F3N3O2/c1-3-5-8-9(10(18)19-4-2)15-16-17(8)7-6-11(12,13)14/h3-7H2,1-2H3. The predicted molar refractivity (Wildman–Crippen MR) is 60.6 cm³/mol. The first-order valence-electron chi connectivity index (χ1n) is 6.05. The number of aromatic nitrogens is 3. The summed E-state index contributed by atoms with van der Waals surface area (Å²) in [5.41, 5.74) is 0.399. The van der Waals surface area contributed by atoms with E-state index in [9.17, 15) is 18.0 Å². The van der Waals surface area contributed by atoms with Crippen molar-refractivity contribution in [2.45, 2.75) is 45.8 Å². The number of ether oxygens (including phenoxy) is 1. The van der Waals surface area contributed by atoms with Crippen molar-refractivity contribution < 1.29 is 22.7 Å². The molecule has 0 radical (unpaired) electrons. The van der Waals surface area contributed by atoms with Gasteiger partial charge in [0.1, 0.15) is 0 Å². The molecule has 8 heteroatoms. The van der Waals surface area contributed by atoms with Gasteiger partial charge in [0.05, 0.1) is 25.3 Å². The van der Waals surface area contributed by atoms with Crippen molar-refractivity contribution >= 4 is 5.97 Å². The van der Waals surface area contributed by atoms with E-state index in [1.807, 2.05) is 6.92 Å². The number of carbonyl (C=O) groups excluding carboxylic acids is 1. The number of halogens is 3. The van der Waals surface area contributed by atoms with Gasteiger partial charge in [-0.2, -0.15) is 13.2 Å². The van der Waals surface area contributed by atoms with Gasteiger partial charge in [-0.25, -0.2) is 9.48 Å². The predicted octanol–water partition coefficient (Wildman–Crippen LogP) is 2.36. The molecule has 0 saturated heterocycles. The number of hydrogen-bond acceptors (Lipinski definition) is 4. The van der Waals surface area contributed by atoms with E-state index in [-0.39, 0.29) is 18.8 Å². The molecule has 0 fully saturated rings. The second kappa shape index (κ2) is 6.53. The van der Waals surface area contributed by atoms with Gasteiger partial charge >= 0.3 is 12.1 Å². The topological polar surface area (TPSA) is 57.0 Å². The van der Waals surface area contributed by atoms with Crippen LogP contribution in [0.5, 0.6) is 0 Å². The highest BCUT2D eigenvalue weighted by atomic mass is 19.4. The maximum Gasteiger partial charge on any atom is 0.390 e. The molecule has 108 valence electrons. The van der Waals surface area contributed by atoms with Crippen molar-refractivity contribution in [3.05, 3.63) is 11.4 Å². The molecule has 1 aromatic heterocycles. The highest BCUT2D eigenvalue weighted by Gasteiger charge is 2.28. The molecule has 1 heterocycles. The van der Waals surface area contributed by atoms with Crippen LogP contribution in [0.15, 0.2) is 0 Å². The maximum absolute atomic E-state index is 12.2. The number of rotatable bonds is 6. The van der Waals surface area contributed by atoms with E-state index in [4.69, 9.17) is 4.74 Å². The van der Waals surface area contributed by atoms with Crippen molar-refractivity contribution in [1.82, 2.24) is 15.0 Å². The van der Waals surface area contributed by atoms with E-state index in [0.717, 1.165) is 4.68 Å². The Bertz CT molecular complexity index is 429. The minimum Gasteiger partial charge on any atom is -0.461 e. The fourth-order valence-corrected chi connectivity index (χ4v) is 1.59. The van der Waals surface area contributed by atoms with Crippen LogP contribution in [0.25, 0.3) is 0 Å². The molecular formula is C11H16F3N3O2. The lowest BCUT2D eigenvalue weighted by Crippen LogP contribution is -2.16. The summed E-state index contributed by atoms with van der Waals surface area (Å²) in [5.74, 6) is -0.649. The molecule has 1 aromatic rings. The van der Waals surface area contributed by atoms with Crippen LogP contribution in [-0.4, -0.2) is 33.7 Å². The Balaban J connectivity index is 2.90. The van der Waals surface area contributed by atoms with E-state index in [2.05, 4.69) is 10.3 Å². The summed E-state index contributed by atoms with van der Waals surface area (Å²) in [5, 5.41) is 7.23. The van der Waals surface area contributed by atoms with Crippen molar-refractivity contribution in [2.24, 2.45) is 0 Å². The molecule has 0 bridgehead atoms. The van der Waals surface area contributed by atoms with Crippen molar-refractivity contribution in [1.29, 1.82) is 0 Å². The van der Waals surface area contributed by atoms with Crippen LogP contribution in [-0.2, 0) is 17.7 Å². The molecule has 19 heavy (non-hydrogen) atoms. The molecule has 0 unspecified atom stereocenters. The second-order valence-corrected chi connectivity index (χ2v) is 3.94. The van der Waals surface area contributed by atoms with Gasteiger partial charge < -0.3 is 4.74 Å². The van der Waals surface area contributed by atoms with Crippen LogP contribution in [0.3, 0.4) is 0 Å². The van der Waals surface area contributed by atoms with Crippen LogP contribution in [0.1, 0.15) is 42.9 Å². The van der Waals surface area contributed by atoms with Gasteiger partial charge in [0.15, 0.2) is 5.69 Å². The van der Waals surface area contributed by atoms with Gasteiger partial charge in [-0.15, -0.1) is 5.10 Å². The van der Waals surface area contributed by atoms with E-state index < -0.39 is 18.6 Å². The zero-order chi connectivity index (χ0) is 14.5. The van der Waals surface area contributed by atoms with Crippen LogP contribution in [0, 0.1) is 0 Å². The number of alkyl halides is 3. The number of carbonyl (C=O) groups is 1. The van der Waals surface area contributed by atoms with Crippen molar-refractivity contribution in [3.8, 4) is 0 Å². The van der Waals surface area contributed by atoms with E-state index in [1.54, 1.807) is 6.92 Å². The Kier molecular flexibility index (Phi) is 5.31. The summed E-state index contributed by atoms with van der Waals surface area (Å²) in [4.78, 5) is 11.6.